The van der Waals surface area contributed by atoms with Gasteiger partial charge in [0.05, 0.1) is 16.1 Å². The summed E-state index contributed by atoms with van der Waals surface area (Å²) in [7, 11) is 0. The maximum Gasteiger partial charge on any atom is 0.276 e. The van der Waals surface area contributed by atoms with Gasteiger partial charge in [-0.25, -0.2) is 0 Å². The summed E-state index contributed by atoms with van der Waals surface area (Å²) in [5, 5.41) is 23.6. The van der Waals surface area contributed by atoms with E-state index in [1.807, 2.05) is 0 Å². The van der Waals surface area contributed by atoms with E-state index in [2.05, 4.69) is 5.32 Å². The standard InChI is InChI=1S/C15H18N2O4/c18-14(16-11-15(19)9-3-4-10-15)8-7-12-5-1-2-6-13(12)17(20)21/h1-2,5-8,19H,3-4,9-11H2,(H,16,18). The van der Waals surface area contributed by atoms with Crippen molar-refractivity contribution in [2.45, 2.75) is 31.3 Å². The summed E-state index contributed by atoms with van der Waals surface area (Å²) in [6, 6.07) is 6.21. The first kappa shape index (κ1) is 15.2. The number of nitrogens with zero attached hydrogens (tertiary/aromatic N) is 1. The summed E-state index contributed by atoms with van der Waals surface area (Å²) < 4.78 is 0. The van der Waals surface area contributed by atoms with Crippen LogP contribution >= 0.6 is 0 Å². The molecule has 1 aromatic carbocycles. The number of carbonyl (C=O) groups is 1. The lowest BCUT2D eigenvalue weighted by Gasteiger charge is -2.21. The zero-order valence-corrected chi connectivity index (χ0v) is 11.6. The molecule has 0 atom stereocenters. The Bertz CT molecular complexity index is 563. The van der Waals surface area contributed by atoms with Gasteiger partial charge in [-0.05, 0) is 25.0 Å². The summed E-state index contributed by atoms with van der Waals surface area (Å²) in [4.78, 5) is 22.1. The maximum absolute atomic E-state index is 11.7. The van der Waals surface area contributed by atoms with Crippen molar-refractivity contribution in [2.24, 2.45) is 0 Å². The molecule has 6 heteroatoms. The molecule has 0 aliphatic heterocycles. The Morgan fingerprint density at radius 1 is 1.38 bits per heavy atom. The van der Waals surface area contributed by atoms with Gasteiger partial charge >= 0.3 is 0 Å². The van der Waals surface area contributed by atoms with Gasteiger partial charge in [-0.3, -0.25) is 14.9 Å². The van der Waals surface area contributed by atoms with E-state index in [1.54, 1.807) is 18.2 Å². The zero-order chi connectivity index (χ0) is 15.3. The maximum atomic E-state index is 11.7. The quantitative estimate of drug-likeness (QED) is 0.493. The molecule has 2 N–H and O–H groups in total. The highest BCUT2D eigenvalue weighted by atomic mass is 16.6. The molecule has 1 amide bonds. The molecule has 0 heterocycles. The van der Waals surface area contributed by atoms with Gasteiger partial charge in [0.15, 0.2) is 0 Å². The van der Waals surface area contributed by atoms with Gasteiger partial charge in [0.25, 0.3) is 5.69 Å². The van der Waals surface area contributed by atoms with Crippen molar-refractivity contribution in [1.82, 2.24) is 5.32 Å². The molecule has 0 spiro atoms. The Hall–Kier alpha value is -2.21. The molecule has 0 radical (unpaired) electrons. The number of nitro benzene ring substituents is 1. The number of para-hydroxylation sites is 1. The molecule has 1 saturated carbocycles. The van der Waals surface area contributed by atoms with Crippen molar-refractivity contribution in [3.63, 3.8) is 0 Å². The molecular weight excluding hydrogens is 272 g/mol. The minimum absolute atomic E-state index is 0.0454. The van der Waals surface area contributed by atoms with Gasteiger partial charge in [-0.1, -0.05) is 25.0 Å². The third-order valence-electron chi connectivity index (χ3n) is 3.67. The summed E-state index contributed by atoms with van der Waals surface area (Å²) in [6.45, 7) is 0.215. The third-order valence-corrected chi connectivity index (χ3v) is 3.67. The zero-order valence-electron chi connectivity index (χ0n) is 11.6. The Balaban J connectivity index is 1.95. The number of aliphatic hydroxyl groups is 1. The van der Waals surface area contributed by atoms with E-state index in [1.165, 1.54) is 18.2 Å². The van der Waals surface area contributed by atoms with E-state index in [9.17, 15) is 20.0 Å². The van der Waals surface area contributed by atoms with Crippen LogP contribution in [-0.4, -0.2) is 28.1 Å². The summed E-state index contributed by atoms with van der Waals surface area (Å²) >= 11 is 0. The molecule has 1 aliphatic carbocycles. The Morgan fingerprint density at radius 2 is 2.05 bits per heavy atom. The second-order valence-corrected chi connectivity index (χ2v) is 5.30. The smallest absolute Gasteiger partial charge is 0.276 e. The molecule has 1 aliphatic rings. The van der Waals surface area contributed by atoms with E-state index >= 15 is 0 Å². The fraction of sp³-hybridized carbons (Fsp3) is 0.400. The molecule has 21 heavy (non-hydrogen) atoms. The number of nitrogens with one attached hydrogen (secondary N) is 1. The van der Waals surface area contributed by atoms with Crippen LogP contribution in [0.2, 0.25) is 0 Å². The first-order chi connectivity index (χ1) is 10.0. The fourth-order valence-electron chi connectivity index (χ4n) is 2.48. The fourth-order valence-corrected chi connectivity index (χ4v) is 2.48. The molecule has 112 valence electrons. The highest BCUT2D eigenvalue weighted by molar-refractivity contribution is 5.92. The number of nitro groups is 1. The van der Waals surface area contributed by atoms with Crippen molar-refractivity contribution in [2.75, 3.05) is 6.54 Å². The van der Waals surface area contributed by atoms with Gasteiger partial charge in [-0.2, -0.15) is 0 Å². The minimum atomic E-state index is -0.803. The second kappa shape index (κ2) is 6.49. The Labute approximate surface area is 122 Å². The van der Waals surface area contributed by atoms with E-state index in [4.69, 9.17) is 0 Å². The normalized spacial score (nSPS) is 17.0. The van der Waals surface area contributed by atoms with Crippen molar-refractivity contribution in [3.05, 3.63) is 46.0 Å². The predicted molar refractivity (Wildman–Crippen MR) is 78.6 cm³/mol. The Kier molecular flexibility index (Phi) is 4.70. The number of amides is 1. The highest BCUT2D eigenvalue weighted by Crippen LogP contribution is 2.28. The van der Waals surface area contributed by atoms with Crippen LogP contribution < -0.4 is 5.32 Å². The van der Waals surface area contributed by atoms with Gasteiger partial charge in [0.2, 0.25) is 5.91 Å². The summed E-state index contributed by atoms with van der Waals surface area (Å²) in [5.74, 6) is -0.367. The van der Waals surface area contributed by atoms with Gasteiger partial charge < -0.3 is 10.4 Å². The van der Waals surface area contributed by atoms with Crippen LogP contribution in [0.4, 0.5) is 5.69 Å². The third kappa shape index (κ3) is 4.13. The lowest BCUT2D eigenvalue weighted by molar-refractivity contribution is -0.385. The molecular formula is C15H18N2O4. The van der Waals surface area contributed by atoms with Crippen molar-refractivity contribution in [3.8, 4) is 0 Å². The number of rotatable bonds is 5. The lowest BCUT2D eigenvalue weighted by Crippen LogP contribution is -2.40. The van der Waals surface area contributed by atoms with E-state index < -0.39 is 10.5 Å². The topological polar surface area (TPSA) is 92.5 Å². The monoisotopic (exact) mass is 290 g/mol. The van der Waals surface area contributed by atoms with E-state index in [0.29, 0.717) is 18.4 Å². The van der Waals surface area contributed by atoms with Crippen LogP contribution in [0.15, 0.2) is 30.3 Å². The van der Waals surface area contributed by atoms with Crippen LogP contribution in [-0.2, 0) is 4.79 Å². The lowest BCUT2D eigenvalue weighted by atomic mass is 10.0. The van der Waals surface area contributed by atoms with E-state index in [0.717, 1.165) is 12.8 Å². The average molecular weight is 290 g/mol. The summed E-state index contributed by atoms with van der Waals surface area (Å²) in [6.07, 6.45) is 5.99. The van der Waals surface area contributed by atoms with Crippen molar-refractivity contribution < 1.29 is 14.8 Å². The van der Waals surface area contributed by atoms with Crippen LogP contribution in [0, 0.1) is 10.1 Å². The number of carbonyl (C=O) groups excluding carboxylic acids is 1. The van der Waals surface area contributed by atoms with Crippen LogP contribution in [0.5, 0.6) is 0 Å². The second-order valence-electron chi connectivity index (χ2n) is 5.30. The highest BCUT2D eigenvalue weighted by Gasteiger charge is 2.30. The molecule has 2 rings (SSSR count). The van der Waals surface area contributed by atoms with E-state index in [-0.39, 0.29) is 18.1 Å². The SMILES string of the molecule is O=C(C=Cc1ccccc1[N+](=O)[O-])NCC1(O)CCCC1. The molecule has 6 nitrogen and oxygen atoms in total. The first-order valence-corrected chi connectivity index (χ1v) is 6.92. The van der Waals surface area contributed by atoms with Crippen molar-refractivity contribution in [1.29, 1.82) is 0 Å². The minimum Gasteiger partial charge on any atom is -0.388 e. The molecule has 0 unspecified atom stereocenters. The number of hydrogen-bond acceptors (Lipinski definition) is 4. The van der Waals surface area contributed by atoms with Crippen molar-refractivity contribution >= 4 is 17.7 Å². The van der Waals surface area contributed by atoms with Crippen LogP contribution in [0.25, 0.3) is 6.08 Å². The molecule has 0 bridgehead atoms. The van der Waals surface area contributed by atoms with Gasteiger partial charge in [0, 0.05) is 18.7 Å². The predicted octanol–water partition coefficient (Wildman–Crippen LogP) is 2.03. The van der Waals surface area contributed by atoms with Crippen LogP contribution in [0.3, 0.4) is 0 Å². The molecule has 0 aromatic heterocycles. The van der Waals surface area contributed by atoms with Gasteiger partial charge in [-0.15, -0.1) is 0 Å². The number of benzene rings is 1. The Morgan fingerprint density at radius 3 is 2.71 bits per heavy atom. The molecule has 1 fully saturated rings. The van der Waals surface area contributed by atoms with Crippen LogP contribution in [0.1, 0.15) is 31.2 Å². The molecule has 0 saturated heterocycles. The summed E-state index contributed by atoms with van der Waals surface area (Å²) in [5.41, 5.74) is -0.476. The molecule has 1 aromatic rings. The number of hydrogen-bond donors (Lipinski definition) is 2. The average Bonchev–Trinajstić information content (AvgIpc) is 2.90. The largest absolute Gasteiger partial charge is 0.388 e. The first-order valence-electron chi connectivity index (χ1n) is 6.92. The van der Waals surface area contributed by atoms with Gasteiger partial charge in [0.1, 0.15) is 0 Å².